The SMILES string of the molecule is NC(Cc1cccc(F)c1Br)c1ccc(I)c(Cl)c1. The first-order valence-electron chi connectivity index (χ1n) is 5.62. The lowest BCUT2D eigenvalue weighted by molar-refractivity contribution is 0.614. The third kappa shape index (κ3) is 3.68. The van der Waals surface area contributed by atoms with Gasteiger partial charge in [-0.25, -0.2) is 4.39 Å². The van der Waals surface area contributed by atoms with Gasteiger partial charge >= 0.3 is 0 Å². The first-order valence-corrected chi connectivity index (χ1v) is 7.87. The van der Waals surface area contributed by atoms with Gasteiger partial charge in [0, 0.05) is 9.61 Å². The summed E-state index contributed by atoms with van der Waals surface area (Å²) < 4.78 is 14.9. The summed E-state index contributed by atoms with van der Waals surface area (Å²) in [5.74, 6) is -0.273. The van der Waals surface area contributed by atoms with Gasteiger partial charge in [0.05, 0.1) is 9.50 Å². The molecule has 2 aromatic rings. The van der Waals surface area contributed by atoms with E-state index in [1.165, 1.54) is 6.07 Å². The largest absolute Gasteiger partial charge is 0.324 e. The Balaban J connectivity index is 2.23. The van der Waals surface area contributed by atoms with Crippen LogP contribution in [0.15, 0.2) is 40.9 Å². The molecule has 2 aromatic carbocycles. The van der Waals surface area contributed by atoms with E-state index in [1.54, 1.807) is 6.07 Å². The molecule has 5 heteroatoms. The van der Waals surface area contributed by atoms with E-state index in [-0.39, 0.29) is 11.9 Å². The van der Waals surface area contributed by atoms with Gasteiger partial charge in [-0.05, 0) is 74.3 Å². The van der Waals surface area contributed by atoms with Crippen molar-refractivity contribution in [3.63, 3.8) is 0 Å². The fourth-order valence-electron chi connectivity index (χ4n) is 1.80. The minimum atomic E-state index is -0.273. The second kappa shape index (κ2) is 6.52. The smallest absolute Gasteiger partial charge is 0.137 e. The van der Waals surface area contributed by atoms with Crippen molar-refractivity contribution in [2.24, 2.45) is 5.73 Å². The van der Waals surface area contributed by atoms with Crippen LogP contribution in [0, 0.1) is 9.39 Å². The van der Waals surface area contributed by atoms with Crippen LogP contribution in [0.4, 0.5) is 4.39 Å². The highest BCUT2D eigenvalue weighted by atomic mass is 127. The average molecular weight is 455 g/mol. The highest BCUT2D eigenvalue weighted by molar-refractivity contribution is 14.1. The van der Waals surface area contributed by atoms with Crippen molar-refractivity contribution in [2.45, 2.75) is 12.5 Å². The van der Waals surface area contributed by atoms with Crippen molar-refractivity contribution in [1.29, 1.82) is 0 Å². The zero-order valence-electron chi connectivity index (χ0n) is 9.84. The van der Waals surface area contributed by atoms with Crippen LogP contribution in [0.2, 0.25) is 5.02 Å². The Morgan fingerprint density at radius 1 is 1.32 bits per heavy atom. The van der Waals surface area contributed by atoms with Gasteiger partial charge in [0.2, 0.25) is 0 Å². The van der Waals surface area contributed by atoms with Gasteiger partial charge in [0.1, 0.15) is 5.82 Å². The maximum atomic E-state index is 13.4. The summed E-state index contributed by atoms with van der Waals surface area (Å²) in [7, 11) is 0. The van der Waals surface area contributed by atoms with E-state index < -0.39 is 0 Å². The summed E-state index contributed by atoms with van der Waals surface area (Å²) in [6.07, 6.45) is 0.551. The van der Waals surface area contributed by atoms with E-state index in [0.717, 1.165) is 14.7 Å². The molecule has 0 spiro atoms. The van der Waals surface area contributed by atoms with Crippen LogP contribution in [-0.2, 0) is 6.42 Å². The van der Waals surface area contributed by atoms with Gasteiger partial charge in [0.25, 0.3) is 0 Å². The van der Waals surface area contributed by atoms with Crippen molar-refractivity contribution < 1.29 is 4.39 Å². The van der Waals surface area contributed by atoms with Crippen molar-refractivity contribution in [3.05, 3.63) is 66.4 Å². The first kappa shape index (κ1) is 15.2. The summed E-state index contributed by atoms with van der Waals surface area (Å²) in [6, 6.07) is 10.5. The van der Waals surface area contributed by atoms with Crippen LogP contribution in [0.3, 0.4) is 0 Å². The predicted octanol–water partition coefficient (Wildman–Crippen LogP) is 5.09. The molecule has 0 aliphatic heterocycles. The molecule has 2 rings (SSSR count). The first-order chi connectivity index (χ1) is 8.99. The Kier molecular flexibility index (Phi) is 5.22. The van der Waals surface area contributed by atoms with Gasteiger partial charge < -0.3 is 5.73 Å². The molecule has 1 unspecified atom stereocenters. The van der Waals surface area contributed by atoms with Crippen LogP contribution >= 0.6 is 50.1 Å². The number of hydrogen-bond donors (Lipinski definition) is 1. The molecule has 0 bridgehead atoms. The third-order valence-electron chi connectivity index (χ3n) is 2.84. The lowest BCUT2D eigenvalue weighted by Gasteiger charge is -2.14. The molecular weight excluding hydrogens is 443 g/mol. The molecule has 2 N–H and O–H groups in total. The van der Waals surface area contributed by atoms with E-state index >= 15 is 0 Å². The Bertz CT molecular complexity index is 606. The number of benzene rings is 2. The highest BCUT2D eigenvalue weighted by Crippen LogP contribution is 2.27. The molecular formula is C14H11BrClFIN. The topological polar surface area (TPSA) is 26.0 Å². The lowest BCUT2D eigenvalue weighted by Crippen LogP contribution is -2.14. The molecule has 0 aliphatic carbocycles. The van der Waals surface area contributed by atoms with Gasteiger partial charge in [-0.3, -0.25) is 0 Å². The summed E-state index contributed by atoms with van der Waals surface area (Å²) in [5, 5.41) is 0.687. The maximum absolute atomic E-state index is 13.4. The molecule has 0 radical (unpaired) electrons. The quantitative estimate of drug-likeness (QED) is 0.643. The molecule has 0 fully saturated rings. The molecule has 0 saturated carbocycles. The number of nitrogens with two attached hydrogens (primary N) is 1. The average Bonchev–Trinajstić information content (AvgIpc) is 2.38. The second-order valence-electron chi connectivity index (χ2n) is 4.20. The third-order valence-corrected chi connectivity index (χ3v) is 5.30. The standard InChI is InChI=1S/C14H11BrClFIN/c15-14-9(2-1-3-11(14)17)7-13(19)8-4-5-12(18)10(16)6-8/h1-6,13H,7,19H2. The van der Waals surface area contributed by atoms with Gasteiger partial charge in [-0.2, -0.15) is 0 Å². The number of halogens is 4. The monoisotopic (exact) mass is 453 g/mol. The van der Waals surface area contributed by atoms with Gasteiger partial charge in [-0.15, -0.1) is 0 Å². The van der Waals surface area contributed by atoms with E-state index in [1.807, 2.05) is 24.3 Å². The van der Waals surface area contributed by atoms with Gasteiger partial charge in [-0.1, -0.05) is 29.8 Å². The fraction of sp³-hybridized carbons (Fsp3) is 0.143. The van der Waals surface area contributed by atoms with Gasteiger partial charge in [0.15, 0.2) is 0 Å². The number of hydrogen-bond acceptors (Lipinski definition) is 1. The predicted molar refractivity (Wildman–Crippen MR) is 88.9 cm³/mol. The zero-order valence-corrected chi connectivity index (χ0v) is 14.3. The van der Waals surface area contributed by atoms with Crippen LogP contribution in [0.25, 0.3) is 0 Å². The summed E-state index contributed by atoms with van der Waals surface area (Å²) >= 11 is 11.5. The summed E-state index contributed by atoms with van der Waals surface area (Å²) in [6.45, 7) is 0. The van der Waals surface area contributed by atoms with Crippen molar-refractivity contribution >= 4 is 50.1 Å². The van der Waals surface area contributed by atoms with E-state index in [0.29, 0.717) is 15.9 Å². The van der Waals surface area contributed by atoms with Crippen LogP contribution in [-0.4, -0.2) is 0 Å². The lowest BCUT2D eigenvalue weighted by atomic mass is 10.00. The van der Waals surface area contributed by atoms with Crippen LogP contribution in [0.5, 0.6) is 0 Å². The number of rotatable bonds is 3. The van der Waals surface area contributed by atoms with Crippen LogP contribution < -0.4 is 5.73 Å². The van der Waals surface area contributed by atoms with E-state index in [2.05, 4.69) is 38.5 Å². The molecule has 19 heavy (non-hydrogen) atoms. The summed E-state index contributed by atoms with van der Waals surface area (Å²) in [5.41, 5.74) is 7.96. The maximum Gasteiger partial charge on any atom is 0.137 e. The Morgan fingerprint density at radius 3 is 2.74 bits per heavy atom. The zero-order chi connectivity index (χ0) is 14.0. The molecule has 1 nitrogen and oxygen atoms in total. The Labute approximate surface area is 138 Å². The van der Waals surface area contributed by atoms with Crippen molar-refractivity contribution in [1.82, 2.24) is 0 Å². The normalized spacial score (nSPS) is 12.5. The molecule has 0 heterocycles. The molecule has 100 valence electrons. The van der Waals surface area contributed by atoms with Crippen molar-refractivity contribution in [3.8, 4) is 0 Å². The Hall–Kier alpha value is -0.170. The summed E-state index contributed by atoms with van der Waals surface area (Å²) in [4.78, 5) is 0. The molecule has 0 amide bonds. The van der Waals surface area contributed by atoms with Crippen molar-refractivity contribution in [2.75, 3.05) is 0 Å². The minimum Gasteiger partial charge on any atom is -0.324 e. The van der Waals surface area contributed by atoms with Crippen LogP contribution in [0.1, 0.15) is 17.2 Å². The van der Waals surface area contributed by atoms with E-state index in [9.17, 15) is 4.39 Å². The molecule has 0 aliphatic rings. The molecule has 1 atom stereocenters. The van der Waals surface area contributed by atoms with E-state index in [4.69, 9.17) is 17.3 Å². The Morgan fingerprint density at radius 2 is 2.05 bits per heavy atom. The molecule has 0 aromatic heterocycles. The highest BCUT2D eigenvalue weighted by Gasteiger charge is 2.12. The fourth-order valence-corrected chi connectivity index (χ4v) is 2.75. The molecule has 0 saturated heterocycles. The second-order valence-corrected chi connectivity index (χ2v) is 6.56. The minimum absolute atomic E-state index is 0.215.